The summed E-state index contributed by atoms with van der Waals surface area (Å²) in [5, 5.41) is 8.07. The van der Waals surface area contributed by atoms with E-state index in [0.717, 1.165) is 5.56 Å². The van der Waals surface area contributed by atoms with Gasteiger partial charge >= 0.3 is 5.97 Å². The molecule has 0 amide bonds. The van der Waals surface area contributed by atoms with E-state index < -0.39 is 19.2 Å². The van der Waals surface area contributed by atoms with Gasteiger partial charge in [-0.25, -0.2) is 4.79 Å². The smallest absolute Gasteiger partial charge is 0.338 e. The quantitative estimate of drug-likeness (QED) is 0.271. The molecule has 0 aromatic heterocycles. The molecular formula is C27H27N2O4PS. The van der Waals surface area contributed by atoms with E-state index in [1.807, 2.05) is 84.9 Å². The van der Waals surface area contributed by atoms with Crippen LogP contribution in [-0.2, 0) is 14.1 Å². The van der Waals surface area contributed by atoms with E-state index in [1.54, 1.807) is 14.0 Å². The van der Waals surface area contributed by atoms with E-state index in [0.29, 0.717) is 32.7 Å². The second-order valence-corrected chi connectivity index (χ2v) is 11.2. The van der Waals surface area contributed by atoms with E-state index in [9.17, 15) is 9.36 Å². The van der Waals surface area contributed by atoms with Gasteiger partial charge in [0.05, 0.1) is 25.3 Å². The topological polar surface area (TPSA) is 76.7 Å². The van der Waals surface area contributed by atoms with Crippen molar-refractivity contribution in [2.24, 2.45) is 0 Å². The molecule has 4 rings (SSSR count). The van der Waals surface area contributed by atoms with Gasteiger partial charge < -0.3 is 24.7 Å². The van der Waals surface area contributed by atoms with Gasteiger partial charge in [0.15, 0.2) is 5.11 Å². The molecule has 0 fully saturated rings. The van der Waals surface area contributed by atoms with Crippen LogP contribution in [0.15, 0.2) is 96.2 Å². The number of benzene rings is 3. The van der Waals surface area contributed by atoms with Gasteiger partial charge in [0.1, 0.15) is 12.9 Å². The summed E-state index contributed by atoms with van der Waals surface area (Å²) < 4.78 is 25.4. The van der Waals surface area contributed by atoms with Gasteiger partial charge in [-0.1, -0.05) is 72.8 Å². The van der Waals surface area contributed by atoms with E-state index in [2.05, 4.69) is 10.6 Å². The first-order valence-electron chi connectivity index (χ1n) is 11.3. The largest absolute Gasteiger partial charge is 0.497 e. The molecule has 2 N–H and O–H groups in total. The molecule has 0 spiro atoms. The Bertz CT molecular complexity index is 1230. The second-order valence-electron chi connectivity index (χ2n) is 7.99. The highest BCUT2D eigenvalue weighted by Crippen LogP contribution is 2.46. The van der Waals surface area contributed by atoms with Gasteiger partial charge in [0, 0.05) is 22.5 Å². The van der Waals surface area contributed by atoms with Crippen molar-refractivity contribution in [2.45, 2.75) is 13.0 Å². The Labute approximate surface area is 210 Å². The highest BCUT2D eigenvalue weighted by Gasteiger charge is 2.37. The molecule has 0 saturated carbocycles. The number of methoxy groups -OCH3 is 1. The van der Waals surface area contributed by atoms with Crippen molar-refractivity contribution in [1.82, 2.24) is 10.6 Å². The van der Waals surface area contributed by atoms with Crippen LogP contribution < -0.4 is 26.0 Å². The summed E-state index contributed by atoms with van der Waals surface area (Å²) in [6.07, 6.45) is 0.0870. The van der Waals surface area contributed by atoms with Gasteiger partial charge in [-0.05, 0) is 36.8 Å². The number of esters is 1. The summed E-state index contributed by atoms with van der Waals surface area (Å²) in [7, 11) is -1.58. The molecule has 180 valence electrons. The fourth-order valence-corrected chi connectivity index (χ4v) is 7.04. The predicted molar refractivity (Wildman–Crippen MR) is 143 cm³/mol. The maximum absolute atomic E-state index is 14.7. The normalized spacial score (nSPS) is 15.7. The van der Waals surface area contributed by atoms with Gasteiger partial charge in [-0.2, -0.15) is 0 Å². The second kappa shape index (κ2) is 10.9. The average Bonchev–Trinajstić information content (AvgIpc) is 2.89. The highest BCUT2D eigenvalue weighted by atomic mass is 32.1. The van der Waals surface area contributed by atoms with Crippen LogP contribution in [0.3, 0.4) is 0 Å². The van der Waals surface area contributed by atoms with Crippen molar-refractivity contribution in [3.05, 3.63) is 102 Å². The standard InChI is InChI=1S/C27H27N2O4PS/c1-3-33-26(30)24-23(28-27(35)29-25(24)19-14-16-20(32-2)17-15-19)18-34(31,21-10-6-4-7-11-21)22-12-8-5-9-13-22/h4-17,25H,3,18H2,1-2H3,(H2,28,29,35)/t25-/m1/s1. The van der Waals surface area contributed by atoms with Crippen molar-refractivity contribution in [1.29, 1.82) is 0 Å². The van der Waals surface area contributed by atoms with Crippen molar-refractivity contribution >= 4 is 41.1 Å². The summed E-state index contributed by atoms with van der Waals surface area (Å²) in [4.78, 5) is 13.3. The lowest BCUT2D eigenvalue weighted by Crippen LogP contribution is -2.47. The van der Waals surface area contributed by atoms with Crippen LogP contribution in [0.5, 0.6) is 5.75 Å². The SMILES string of the molecule is CCOC(=O)C1=C(CP(=O)(c2ccccc2)c2ccccc2)NC(=S)N[C@@H]1c1ccc(OC)cc1. The van der Waals surface area contributed by atoms with Gasteiger partial charge in [-0.3, -0.25) is 0 Å². The summed E-state index contributed by atoms with van der Waals surface area (Å²) in [6, 6.07) is 25.5. The predicted octanol–water partition coefficient (Wildman–Crippen LogP) is 4.05. The lowest BCUT2D eigenvalue weighted by atomic mass is 9.95. The summed E-state index contributed by atoms with van der Waals surface area (Å²) >= 11 is 5.51. The van der Waals surface area contributed by atoms with Crippen molar-refractivity contribution < 1.29 is 18.8 Å². The molecule has 0 unspecified atom stereocenters. The third-order valence-electron chi connectivity index (χ3n) is 5.83. The van der Waals surface area contributed by atoms with Crippen molar-refractivity contribution in [2.75, 3.05) is 19.9 Å². The van der Waals surface area contributed by atoms with Crippen LogP contribution in [-0.4, -0.2) is 31.0 Å². The van der Waals surface area contributed by atoms with E-state index >= 15 is 0 Å². The first-order valence-corrected chi connectivity index (χ1v) is 13.6. The Morgan fingerprint density at radius 2 is 1.51 bits per heavy atom. The number of nitrogens with one attached hydrogen (secondary N) is 2. The van der Waals surface area contributed by atoms with Crippen LogP contribution in [0.1, 0.15) is 18.5 Å². The van der Waals surface area contributed by atoms with Crippen LogP contribution in [0.2, 0.25) is 0 Å². The number of thiocarbonyl (C=S) groups is 1. The Hall–Kier alpha value is -3.41. The number of ether oxygens (including phenoxy) is 2. The number of carbonyl (C=O) groups is 1. The monoisotopic (exact) mass is 506 g/mol. The Morgan fingerprint density at radius 1 is 0.943 bits per heavy atom. The van der Waals surface area contributed by atoms with Gasteiger partial charge in [0.2, 0.25) is 0 Å². The van der Waals surface area contributed by atoms with Crippen LogP contribution >= 0.6 is 19.4 Å². The highest BCUT2D eigenvalue weighted by molar-refractivity contribution is 7.80. The Balaban J connectivity index is 1.87. The zero-order valence-corrected chi connectivity index (χ0v) is 21.3. The third kappa shape index (κ3) is 5.31. The first-order chi connectivity index (χ1) is 17.0. The zero-order valence-electron chi connectivity index (χ0n) is 19.6. The fraction of sp³-hybridized carbons (Fsp3) is 0.185. The van der Waals surface area contributed by atoms with Gasteiger partial charge in [-0.15, -0.1) is 0 Å². The lowest BCUT2D eigenvalue weighted by molar-refractivity contribution is -0.139. The summed E-state index contributed by atoms with van der Waals surface area (Å²) in [5.74, 6) is 0.211. The molecule has 1 atom stereocenters. The maximum atomic E-state index is 14.7. The first kappa shape index (κ1) is 24.7. The van der Waals surface area contributed by atoms with E-state index in [4.69, 9.17) is 21.7 Å². The molecule has 6 nitrogen and oxygen atoms in total. The minimum atomic E-state index is -3.18. The average molecular weight is 507 g/mol. The van der Waals surface area contributed by atoms with Crippen LogP contribution in [0.4, 0.5) is 0 Å². The fourth-order valence-electron chi connectivity index (χ4n) is 4.13. The molecule has 1 heterocycles. The van der Waals surface area contributed by atoms with E-state index in [-0.39, 0.29) is 12.8 Å². The molecule has 1 aliphatic heterocycles. The lowest BCUT2D eigenvalue weighted by Gasteiger charge is -2.32. The Morgan fingerprint density at radius 3 is 2.03 bits per heavy atom. The number of allylic oxidation sites excluding steroid dienone is 1. The number of hydrogen-bond acceptors (Lipinski definition) is 5. The van der Waals surface area contributed by atoms with Crippen molar-refractivity contribution in [3.63, 3.8) is 0 Å². The molecule has 0 saturated heterocycles. The zero-order chi connectivity index (χ0) is 24.8. The Kier molecular flexibility index (Phi) is 7.69. The molecule has 35 heavy (non-hydrogen) atoms. The molecule has 1 aliphatic rings. The van der Waals surface area contributed by atoms with Crippen molar-refractivity contribution in [3.8, 4) is 5.75 Å². The summed E-state index contributed by atoms with van der Waals surface area (Å²) in [5.41, 5.74) is 1.66. The maximum Gasteiger partial charge on any atom is 0.338 e. The number of hydrogen-bond donors (Lipinski definition) is 2. The molecule has 0 aliphatic carbocycles. The van der Waals surface area contributed by atoms with Crippen LogP contribution in [0.25, 0.3) is 0 Å². The minimum absolute atomic E-state index is 0.0870. The third-order valence-corrected chi connectivity index (χ3v) is 9.07. The van der Waals surface area contributed by atoms with E-state index in [1.165, 1.54) is 0 Å². The van der Waals surface area contributed by atoms with Gasteiger partial charge in [0.25, 0.3) is 0 Å². The number of carbonyl (C=O) groups excluding carboxylic acids is 1. The number of rotatable bonds is 8. The molecule has 3 aromatic rings. The molecular weight excluding hydrogens is 479 g/mol. The summed E-state index contributed by atoms with van der Waals surface area (Å²) in [6.45, 7) is 1.97. The molecule has 3 aromatic carbocycles. The molecule has 0 radical (unpaired) electrons. The molecule has 8 heteroatoms. The molecule has 0 bridgehead atoms. The van der Waals surface area contributed by atoms with Crippen LogP contribution in [0, 0.1) is 0 Å². The minimum Gasteiger partial charge on any atom is -0.497 e.